The third-order valence-electron chi connectivity index (χ3n) is 5.90. The van der Waals surface area contributed by atoms with Crippen LogP contribution in [0.4, 0.5) is 30.2 Å². The number of nitrogens with one attached hydrogen (secondary N) is 1. The van der Waals surface area contributed by atoms with Gasteiger partial charge in [-0.05, 0) is 74.6 Å². The highest BCUT2D eigenvalue weighted by Gasteiger charge is 2.38. The molecule has 1 N–H and O–H groups in total. The number of nitrogens with zero attached hydrogens (tertiary/aromatic N) is 2. The summed E-state index contributed by atoms with van der Waals surface area (Å²) in [5.41, 5.74) is 2.34. The van der Waals surface area contributed by atoms with Crippen molar-refractivity contribution in [2.75, 3.05) is 16.8 Å². The molecule has 0 radical (unpaired) electrons. The maximum Gasteiger partial charge on any atom is 0.418 e. The molecule has 4 rings (SSSR count). The predicted molar refractivity (Wildman–Crippen MR) is 118 cm³/mol. The first-order chi connectivity index (χ1) is 15.0. The van der Waals surface area contributed by atoms with Crippen LogP contribution < -0.4 is 10.2 Å². The molecule has 2 aromatic carbocycles. The van der Waals surface area contributed by atoms with E-state index in [4.69, 9.17) is 16.6 Å². The summed E-state index contributed by atoms with van der Waals surface area (Å²) in [6.07, 6.45) is -2.52. The normalized spacial score (nSPS) is 18.1. The molecule has 1 heterocycles. The molecular weight excluding hydrogens is 443 g/mol. The van der Waals surface area contributed by atoms with Crippen molar-refractivity contribution in [1.82, 2.24) is 0 Å². The molecule has 1 atom stereocenters. The number of carbonyl (C=O) groups is 2. The van der Waals surface area contributed by atoms with Crippen LogP contribution in [0.1, 0.15) is 36.0 Å². The highest BCUT2D eigenvalue weighted by molar-refractivity contribution is 6.30. The van der Waals surface area contributed by atoms with Gasteiger partial charge < -0.3 is 10.2 Å². The van der Waals surface area contributed by atoms with Crippen molar-refractivity contribution in [3.8, 4) is 0 Å². The van der Waals surface area contributed by atoms with Crippen molar-refractivity contribution < 1.29 is 22.8 Å². The molecule has 32 heavy (non-hydrogen) atoms. The van der Waals surface area contributed by atoms with E-state index in [1.54, 1.807) is 6.07 Å². The fourth-order valence-electron chi connectivity index (χ4n) is 4.14. The van der Waals surface area contributed by atoms with Crippen LogP contribution in [0, 0.1) is 19.8 Å². The van der Waals surface area contributed by atoms with Crippen LogP contribution in [0.3, 0.4) is 0 Å². The lowest BCUT2D eigenvalue weighted by Gasteiger charge is -2.25. The van der Waals surface area contributed by atoms with Crippen molar-refractivity contribution in [3.63, 3.8) is 0 Å². The van der Waals surface area contributed by atoms with E-state index in [9.17, 15) is 22.8 Å². The summed E-state index contributed by atoms with van der Waals surface area (Å²) in [6, 6.07) is 6.80. The summed E-state index contributed by atoms with van der Waals surface area (Å²) in [5.74, 6) is -1.42. The number of aryl methyl sites for hydroxylation is 2. The van der Waals surface area contributed by atoms with E-state index in [-0.39, 0.29) is 10.9 Å². The second-order valence-corrected chi connectivity index (χ2v) is 8.57. The van der Waals surface area contributed by atoms with Gasteiger partial charge in [0.2, 0.25) is 11.8 Å². The number of aliphatic imine (C=N–C) groups is 1. The molecule has 2 amide bonds. The molecule has 0 bridgehead atoms. The molecule has 0 spiro atoms. The van der Waals surface area contributed by atoms with E-state index >= 15 is 0 Å². The van der Waals surface area contributed by atoms with E-state index in [1.165, 1.54) is 11.0 Å². The number of carbonyl (C=O) groups excluding carboxylic acids is 2. The molecule has 1 saturated carbocycles. The molecule has 0 unspecified atom stereocenters. The minimum Gasteiger partial charge on any atom is -0.324 e. The maximum absolute atomic E-state index is 13.4. The topological polar surface area (TPSA) is 61.8 Å². The predicted octanol–water partition coefficient (Wildman–Crippen LogP) is 5.83. The van der Waals surface area contributed by atoms with Crippen LogP contribution in [-0.2, 0) is 15.8 Å². The Hall–Kier alpha value is -2.87. The summed E-state index contributed by atoms with van der Waals surface area (Å²) in [4.78, 5) is 32.2. The van der Waals surface area contributed by atoms with E-state index < -0.39 is 35.8 Å². The van der Waals surface area contributed by atoms with Gasteiger partial charge >= 0.3 is 6.18 Å². The lowest BCUT2D eigenvalue weighted by atomic mass is 10.0. The fourth-order valence-corrected chi connectivity index (χ4v) is 4.31. The number of rotatable bonds is 3. The van der Waals surface area contributed by atoms with E-state index in [0.717, 1.165) is 35.4 Å². The minimum absolute atomic E-state index is 0.0938. The van der Waals surface area contributed by atoms with Crippen LogP contribution in [0.5, 0.6) is 0 Å². The molecule has 0 aromatic heterocycles. The number of anilines is 2. The largest absolute Gasteiger partial charge is 0.418 e. The van der Waals surface area contributed by atoms with Crippen LogP contribution in [-0.4, -0.2) is 24.1 Å². The molecule has 9 heteroatoms. The standard InChI is InChI=1S/C23H21ClF3N3O2/c1-12-8-19-20(9-13(12)2)30(22(32)15-4-3-5-17(15)28-19)11-21(31)29-18-7-6-14(24)10-16(18)23(25,26)27/h6-10,15H,3-5,11H2,1-2H3,(H,29,31)/t15-/m1/s1. The second kappa shape index (κ2) is 8.24. The van der Waals surface area contributed by atoms with Crippen molar-refractivity contribution >= 4 is 46.2 Å². The third kappa shape index (κ3) is 4.24. The summed E-state index contributed by atoms with van der Waals surface area (Å²) in [5, 5.41) is 2.21. The van der Waals surface area contributed by atoms with E-state index in [2.05, 4.69) is 5.32 Å². The molecule has 168 valence electrons. The Bertz CT molecular complexity index is 1140. The zero-order valence-corrected chi connectivity index (χ0v) is 18.3. The Labute approximate surface area is 188 Å². The minimum atomic E-state index is -4.69. The van der Waals surface area contributed by atoms with Crippen LogP contribution in [0.25, 0.3) is 0 Å². The SMILES string of the molecule is Cc1cc2c(cc1C)N(CC(=O)Nc1ccc(Cl)cc1C(F)(F)F)C(=O)[C@@H]1CCCC1=N2. The van der Waals surface area contributed by atoms with Crippen LogP contribution in [0.15, 0.2) is 35.3 Å². The van der Waals surface area contributed by atoms with Gasteiger partial charge in [0, 0.05) is 10.7 Å². The zero-order chi connectivity index (χ0) is 23.2. The van der Waals surface area contributed by atoms with Gasteiger partial charge in [-0.3, -0.25) is 14.6 Å². The summed E-state index contributed by atoms with van der Waals surface area (Å²) < 4.78 is 40.2. The average molecular weight is 464 g/mol. The monoisotopic (exact) mass is 463 g/mol. The molecule has 2 aromatic rings. The van der Waals surface area contributed by atoms with Crippen LogP contribution in [0.2, 0.25) is 5.02 Å². The number of hydrogen-bond acceptors (Lipinski definition) is 3. The van der Waals surface area contributed by atoms with Gasteiger partial charge in [0.25, 0.3) is 0 Å². The number of benzene rings is 2. The van der Waals surface area contributed by atoms with Gasteiger partial charge in [-0.2, -0.15) is 13.2 Å². The highest BCUT2D eigenvalue weighted by atomic mass is 35.5. The number of fused-ring (bicyclic) bond motifs is 2. The van der Waals surface area contributed by atoms with Crippen molar-refractivity contribution in [2.24, 2.45) is 10.9 Å². The first-order valence-corrected chi connectivity index (χ1v) is 10.6. The fraction of sp³-hybridized carbons (Fsp3) is 0.348. The number of halogens is 4. The Morgan fingerprint density at radius 1 is 1.22 bits per heavy atom. The van der Waals surface area contributed by atoms with Crippen LogP contribution >= 0.6 is 11.6 Å². The smallest absolute Gasteiger partial charge is 0.324 e. The van der Waals surface area contributed by atoms with Gasteiger partial charge in [0.05, 0.1) is 28.5 Å². The molecule has 5 nitrogen and oxygen atoms in total. The summed E-state index contributed by atoms with van der Waals surface area (Å²) >= 11 is 5.71. The Morgan fingerprint density at radius 3 is 2.66 bits per heavy atom. The lowest BCUT2D eigenvalue weighted by Crippen LogP contribution is -2.42. The third-order valence-corrected chi connectivity index (χ3v) is 6.14. The molecular formula is C23H21ClF3N3O2. The van der Waals surface area contributed by atoms with Gasteiger partial charge in [0.15, 0.2) is 0 Å². The average Bonchev–Trinajstić information content (AvgIpc) is 3.13. The zero-order valence-electron chi connectivity index (χ0n) is 17.5. The highest BCUT2D eigenvalue weighted by Crippen LogP contribution is 2.40. The number of alkyl halides is 3. The Kier molecular flexibility index (Phi) is 5.75. The number of amides is 2. The second-order valence-electron chi connectivity index (χ2n) is 8.13. The molecule has 1 aliphatic carbocycles. The first-order valence-electron chi connectivity index (χ1n) is 10.2. The quantitative estimate of drug-likeness (QED) is 0.622. The summed E-state index contributed by atoms with van der Waals surface area (Å²) in [7, 11) is 0. The van der Waals surface area contributed by atoms with Gasteiger partial charge in [-0.15, -0.1) is 0 Å². The van der Waals surface area contributed by atoms with Gasteiger partial charge in [0.1, 0.15) is 6.54 Å². The Balaban J connectivity index is 1.67. The molecule has 0 saturated heterocycles. The van der Waals surface area contributed by atoms with Gasteiger partial charge in [-0.25, -0.2) is 0 Å². The van der Waals surface area contributed by atoms with Crippen molar-refractivity contribution in [3.05, 3.63) is 52.0 Å². The molecule has 1 fully saturated rings. The van der Waals surface area contributed by atoms with Crippen molar-refractivity contribution in [2.45, 2.75) is 39.3 Å². The van der Waals surface area contributed by atoms with Gasteiger partial charge in [-0.1, -0.05) is 11.6 Å². The van der Waals surface area contributed by atoms with Crippen molar-refractivity contribution in [1.29, 1.82) is 0 Å². The Morgan fingerprint density at radius 2 is 1.94 bits per heavy atom. The molecule has 2 aliphatic rings. The lowest BCUT2D eigenvalue weighted by molar-refractivity contribution is -0.137. The van der Waals surface area contributed by atoms with E-state index in [0.29, 0.717) is 24.2 Å². The maximum atomic E-state index is 13.4. The number of hydrogen-bond donors (Lipinski definition) is 1. The van der Waals surface area contributed by atoms with E-state index in [1.807, 2.05) is 19.9 Å². The molecule has 1 aliphatic heterocycles. The summed E-state index contributed by atoms with van der Waals surface area (Å²) in [6.45, 7) is 3.40. The first kappa shape index (κ1) is 22.3.